The first-order valence-corrected chi connectivity index (χ1v) is 9.24. The molecule has 4 nitrogen and oxygen atoms in total. The Labute approximate surface area is 121 Å². The number of hydrogen-bond donors (Lipinski definition) is 1. The molecule has 112 valence electrons. The lowest BCUT2D eigenvalue weighted by atomic mass is 9.95. The van der Waals surface area contributed by atoms with Gasteiger partial charge in [-0.2, -0.15) is 0 Å². The number of aromatic nitrogens is 1. The van der Waals surface area contributed by atoms with Gasteiger partial charge in [-0.3, -0.25) is 4.98 Å². The summed E-state index contributed by atoms with van der Waals surface area (Å²) in [5, 5.41) is 3.55. The van der Waals surface area contributed by atoms with E-state index in [9.17, 15) is 8.42 Å². The summed E-state index contributed by atoms with van der Waals surface area (Å²) >= 11 is 0. The van der Waals surface area contributed by atoms with E-state index in [4.69, 9.17) is 0 Å². The van der Waals surface area contributed by atoms with Gasteiger partial charge in [-0.1, -0.05) is 13.0 Å². The smallest absolute Gasteiger partial charge is 0.150 e. The van der Waals surface area contributed by atoms with Crippen LogP contribution >= 0.6 is 0 Å². The summed E-state index contributed by atoms with van der Waals surface area (Å²) in [4.78, 5) is 4.15. The Morgan fingerprint density at radius 2 is 2.35 bits per heavy atom. The van der Waals surface area contributed by atoms with Crippen LogP contribution in [0.2, 0.25) is 0 Å². The van der Waals surface area contributed by atoms with Gasteiger partial charge in [0.1, 0.15) is 0 Å². The molecule has 1 aromatic rings. The van der Waals surface area contributed by atoms with Crippen molar-refractivity contribution in [2.45, 2.75) is 38.6 Å². The number of hydrogen-bond acceptors (Lipinski definition) is 4. The minimum absolute atomic E-state index is 0.311. The predicted octanol–water partition coefficient (Wildman–Crippen LogP) is 1.82. The lowest BCUT2D eigenvalue weighted by Gasteiger charge is -2.21. The van der Waals surface area contributed by atoms with Crippen molar-refractivity contribution in [3.05, 3.63) is 30.1 Å². The SMILES string of the molecule is CCCNC(Cc1cccnc1)CC1CCS(=O)(=O)C1. The highest BCUT2D eigenvalue weighted by Gasteiger charge is 2.29. The predicted molar refractivity (Wildman–Crippen MR) is 81.4 cm³/mol. The first-order valence-electron chi connectivity index (χ1n) is 7.42. The van der Waals surface area contributed by atoms with Gasteiger partial charge in [0, 0.05) is 18.4 Å². The molecular formula is C15H24N2O2S. The molecule has 1 fully saturated rings. The Morgan fingerprint density at radius 1 is 1.50 bits per heavy atom. The molecule has 2 atom stereocenters. The second-order valence-electron chi connectivity index (χ2n) is 5.72. The topological polar surface area (TPSA) is 59.1 Å². The van der Waals surface area contributed by atoms with Crippen LogP contribution in [0.4, 0.5) is 0 Å². The van der Waals surface area contributed by atoms with Crippen LogP contribution < -0.4 is 5.32 Å². The zero-order chi connectivity index (χ0) is 14.4. The molecule has 20 heavy (non-hydrogen) atoms. The standard InChI is InChI=1S/C15H24N2O2S/c1-2-6-17-15(9-13-4-3-7-16-11-13)10-14-5-8-20(18,19)12-14/h3-4,7,11,14-15,17H,2,5-6,8-10,12H2,1H3. The summed E-state index contributed by atoms with van der Waals surface area (Å²) in [7, 11) is -2.77. The van der Waals surface area contributed by atoms with Crippen LogP contribution in [0.3, 0.4) is 0 Å². The number of pyridine rings is 1. The maximum absolute atomic E-state index is 11.6. The fourth-order valence-electron chi connectivity index (χ4n) is 2.85. The molecule has 2 rings (SSSR count). The molecule has 1 aromatic heterocycles. The van der Waals surface area contributed by atoms with E-state index in [1.807, 2.05) is 12.3 Å². The van der Waals surface area contributed by atoms with Crippen molar-refractivity contribution in [2.75, 3.05) is 18.1 Å². The molecule has 1 saturated heterocycles. The zero-order valence-electron chi connectivity index (χ0n) is 12.1. The molecule has 1 aliphatic rings. The maximum atomic E-state index is 11.6. The van der Waals surface area contributed by atoms with Crippen molar-refractivity contribution in [1.82, 2.24) is 10.3 Å². The summed E-state index contributed by atoms with van der Waals surface area (Å²) in [5.41, 5.74) is 1.21. The van der Waals surface area contributed by atoms with Crippen molar-refractivity contribution >= 4 is 9.84 Å². The number of sulfone groups is 1. The molecule has 0 aromatic carbocycles. The fraction of sp³-hybridized carbons (Fsp3) is 0.667. The molecule has 0 saturated carbocycles. The zero-order valence-corrected chi connectivity index (χ0v) is 12.9. The van der Waals surface area contributed by atoms with Gasteiger partial charge in [0.25, 0.3) is 0 Å². The van der Waals surface area contributed by atoms with E-state index in [-0.39, 0.29) is 0 Å². The summed E-state index contributed by atoms with van der Waals surface area (Å²) in [6.07, 6.45) is 7.44. The molecular weight excluding hydrogens is 272 g/mol. The molecule has 2 heterocycles. The third kappa shape index (κ3) is 4.87. The van der Waals surface area contributed by atoms with Crippen molar-refractivity contribution in [1.29, 1.82) is 0 Å². The van der Waals surface area contributed by atoms with E-state index in [0.29, 0.717) is 23.5 Å². The second kappa shape index (κ2) is 7.18. The first-order chi connectivity index (χ1) is 9.59. The minimum Gasteiger partial charge on any atom is -0.314 e. The molecule has 2 unspecified atom stereocenters. The highest BCUT2D eigenvalue weighted by atomic mass is 32.2. The van der Waals surface area contributed by atoms with Gasteiger partial charge in [-0.15, -0.1) is 0 Å². The van der Waals surface area contributed by atoms with Crippen LogP contribution in [0.1, 0.15) is 31.7 Å². The van der Waals surface area contributed by atoms with Crippen molar-refractivity contribution in [3.8, 4) is 0 Å². The van der Waals surface area contributed by atoms with Gasteiger partial charge < -0.3 is 5.32 Å². The van der Waals surface area contributed by atoms with E-state index >= 15 is 0 Å². The van der Waals surface area contributed by atoms with Crippen LogP contribution in [-0.4, -0.2) is 37.5 Å². The van der Waals surface area contributed by atoms with E-state index in [1.165, 1.54) is 5.56 Å². The quantitative estimate of drug-likeness (QED) is 0.834. The van der Waals surface area contributed by atoms with Gasteiger partial charge in [-0.25, -0.2) is 8.42 Å². The van der Waals surface area contributed by atoms with Gasteiger partial charge >= 0.3 is 0 Å². The third-order valence-electron chi connectivity index (χ3n) is 3.83. The van der Waals surface area contributed by atoms with E-state index < -0.39 is 9.84 Å². The highest BCUT2D eigenvalue weighted by molar-refractivity contribution is 7.91. The van der Waals surface area contributed by atoms with Crippen LogP contribution in [0, 0.1) is 5.92 Å². The molecule has 0 aliphatic carbocycles. The summed E-state index contributed by atoms with van der Waals surface area (Å²) in [5.74, 6) is 1.04. The van der Waals surface area contributed by atoms with Gasteiger partial charge in [-0.05, 0) is 49.8 Å². The average molecular weight is 296 g/mol. The Bertz CT molecular complexity index is 502. The second-order valence-corrected chi connectivity index (χ2v) is 7.95. The lowest BCUT2D eigenvalue weighted by Crippen LogP contribution is -2.34. The Kier molecular flexibility index (Phi) is 5.54. The number of rotatable bonds is 7. The first kappa shape index (κ1) is 15.4. The van der Waals surface area contributed by atoms with E-state index in [2.05, 4.69) is 23.3 Å². The Morgan fingerprint density at radius 3 is 2.95 bits per heavy atom. The molecule has 0 spiro atoms. The van der Waals surface area contributed by atoms with Crippen molar-refractivity contribution in [3.63, 3.8) is 0 Å². The molecule has 5 heteroatoms. The van der Waals surface area contributed by atoms with Crippen molar-refractivity contribution < 1.29 is 8.42 Å². The minimum atomic E-state index is -2.77. The van der Waals surface area contributed by atoms with Crippen LogP contribution in [0.5, 0.6) is 0 Å². The molecule has 1 N–H and O–H groups in total. The lowest BCUT2D eigenvalue weighted by molar-refractivity contribution is 0.402. The molecule has 0 bridgehead atoms. The summed E-state index contributed by atoms with van der Waals surface area (Å²) in [6.45, 7) is 3.12. The Hall–Kier alpha value is -0.940. The molecule has 0 radical (unpaired) electrons. The van der Waals surface area contributed by atoms with Crippen molar-refractivity contribution in [2.24, 2.45) is 5.92 Å². The molecule has 0 amide bonds. The van der Waals surface area contributed by atoms with Gasteiger partial charge in [0.05, 0.1) is 11.5 Å². The average Bonchev–Trinajstić information content (AvgIpc) is 2.76. The number of nitrogens with zero attached hydrogens (tertiary/aromatic N) is 1. The van der Waals surface area contributed by atoms with Crippen LogP contribution in [-0.2, 0) is 16.3 Å². The van der Waals surface area contributed by atoms with Crippen LogP contribution in [0.25, 0.3) is 0 Å². The highest BCUT2D eigenvalue weighted by Crippen LogP contribution is 2.24. The summed E-state index contributed by atoms with van der Waals surface area (Å²) < 4.78 is 23.1. The maximum Gasteiger partial charge on any atom is 0.150 e. The van der Waals surface area contributed by atoms with E-state index in [0.717, 1.165) is 32.2 Å². The summed E-state index contributed by atoms with van der Waals surface area (Å²) in [6, 6.07) is 4.38. The van der Waals surface area contributed by atoms with Gasteiger partial charge in [0.2, 0.25) is 0 Å². The monoisotopic (exact) mass is 296 g/mol. The number of nitrogens with one attached hydrogen (secondary N) is 1. The largest absolute Gasteiger partial charge is 0.314 e. The van der Waals surface area contributed by atoms with Crippen LogP contribution in [0.15, 0.2) is 24.5 Å². The Balaban J connectivity index is 1.93. The van der Waals surface area contributed by atoms with Gasteiger partial charge in [0.15, 0.2) is 9.84 Å². The van der Waals surface area contributed by atoms with E-state index in [1.54, 1.807) is 6.20 Å². The normalized spacial score (nSPS) is 22.8. The molecule has 1 aliphatic heterocycles. The fourth-order valence-corrected chi connectivity index (χ4v) is 4.73. The third-order valence-corrected chi connectivity index (χ3v) is 5.67.